The molecule has 6 heteroatoms. The summed E-state index contributed by atoms with van der Waals surface area (Å²) in [5.41, 5.74) is -0.460. The van der Waals surface area contributed by atoms with E-state index in [2.05, 4.69) is 4.98 Å². The second kappa shape index (κ2) is 5.35. The number of ether oxygens (including phenoxy) is 1. The number of anilines is 1. The molecule has 0 fully saturated rings. The van der Waals surface area contributed by atoms with Gasteiger partial charge in [-0.2, -0.15) is 0 Å². The largest absolute Gasteiger partial charge is 0.443 e. The van der Waals surface area contributed by atoms with Crippen molar-refractivity contribution < 1.29 is 14.3 Å². The van der Waals surface area contributed by atoms with Gasteiger partial charge in [-0.25, -0.2) is 9.78 Å². The molecule has 1 aromatic heterocycles. The van der Waals surface area contributed by atoms with Crippen LogP contribution in [0.3, 0.4) is 0 Å². The number of aromatic nitrogens is 1. The van der Waals surface area contributed by atoms with Gasteiger partial charge in [0.1, 0.15) is 11.4 Å². The van der Waals surface area contributed by atoms with Crippen LogP contribution in [0.4, 0.5) is 10.6 Å². The Kier molecular flexibility index (Phi) is 4.29. The van der Waals surface area contributed by atoms with Crippen LogP contribution >= 0.6 is 11.6 Å². The molecule has 0 spiro atoms. The van der Waals surface area contributed by atoms with Gasteiger partial charge in [-0.3, -0.25) is 9.69 Å². The summed E-state index contributed by atoms with van der Waals surface area (Å²) in [6.45, 7) is 5.26. The first-order chi connectivity index (χ1) is 8.26. The van der Waals surface area contributed by atoms with Gasteiger partial charge in [0, 0.05) is 13.2 Å². The standard InChI is InChI=1S/C12H15ClN2O3/c1-12(2,3)18-11(17)15(4)10-8(7-16)9(13)5-6-14-10/h5-7H,1-4H3. The number of pyridine rings is 1. The van der Waals surface area contributed by atoms with Crippen molar-refractivity contribution in [2.45, 2.75) is 26.4 Å². The highest BCUT2D eigenvalue weighted by atomic mass is 35.5. The highest BCUT2D eigenvalue weighted by Gasteiger charge is 2.23. The maximum Gasteiger partial charge on any atom is 0.415 e. The lowest BCUT2D eigenvalue weighted by Crippen LogP contribution is -2.35. The lowest BCUT2D eigenvalue weighted by Gasteiger charge is -2.24. The van der Waals surface area contributed by atoms with E-state index in [4.69, 9.17) is 16.3 Å². The third-order valence-electron chi connectivity index (χ3n) is 2.02. The first-order valence-corrected chi connectivity index (χ1v) is 5.70. The van der Waals surface area contributed by atoms with Crippen LogP contribution in [0.5, 0.6) is 0 Å². The summed E-state index contributed by atoms with van der Waals surface area (Å²) in [5, 5.41) is 0.241. The van der Waals surface area contributed by atoms with E-state index in [1.807, 2.05) is 0 Å². The molecule has 0 atom stereocenters. The Morgan fingerprint density at radius 1 is 1.50 bits per heavy atom. The Hall–Kier alpha value is -1.62. The number of hydrogen-bond donors (Lipinski definition) is 0. The minimum atomic E-state index is -0.620. The molecule has 18 heavy (non-hydrogen) atoms. The van der Waals surface area contributed by atoms with E-state index in [-0.39, 0.29) is 16.4 Å². The van der Waals surface area contributed by atoms with Crippen LogP contribution < -0.4 is 4.90 Å². The van der Waals surface area contributed by atoms with Crippen molar-refractivity contribution in [3.8, 4) is 0 Å². The molecule has 5 nitrogen and oxygen atoms in total. The number of carbonyl (C=O) groups is 2. The Morgan fingerprint density at radius 3 is 2.61 bits per heavy atom. The molecule has 1 aromatic rings. The molecule has 0 radical (unpaired) electrons. The summed E-state index contributed by atoms with van der Waals surface area (Å²) in [6.07, 6.45) is 1.39. The van der Waals surface area contributed by atoms with Gasteiger partial charge in [-0.15, -0.1) is 0 Å². The highest BCUT2D eigenvalue weighted by molar-refractivity contribution is 6.33. The SMILES string of the molecule is CN(C(=O)OC(C)(C)C)c1nccc(Cl)c1C=O. The van der Waals surface area contributed by atoms with E-state index in [0.29, 0.717) is 6.29 Å². The van der Waals surface area contributed by atoms with Gasteiger partial charge in [0.05, 0.1) is 10.6 Å². The van der Waals surface area contributed by atoms with Crippen LogP contribution in [0.2, 0.25) is 5.02 Å². The van der Waals surface area contributed by atoms with E-state index in [0.717, 1.165) is 4.90 Å². The third-order valence-corrected chi connectivity index (χ3v) is 2.35. The zero-order valence-electron chi connectivity index (χ0n) is 10.7. The first-order valence-electron chi connectivity index (χ1n) is 5.32. The van der Waals surface area contributed by atoms with E-state index in [1.54, 1.807) is 20.8 Å². The number of amides is 1. The molecule has 1 rings (SSSR count). The molecular weight excluding hydrogens is 256 g/mol. The van der Waals surface area contributed by atoms with Crippen LogP contribution in [0.15, 0.2) is 12.3 Å². The van der Waals surface area contributed by atoms with E-state index in [9.17, 15) is 9.59 Å². The summed E-state index contributed by atoms with van der Waals surface area (Å²) in [4.78, 5) is 27.9. The Morgan fingerprint density at radius 2 is 2.11 bits per heavy atom. The van der Waals surface area contributed by atoms with Crippen molar-refractivity contribution in [1.82, 2.24) is 4.98 Å². The fraction of sp³-hybridized carbons (Fsp3) is 0.417. The summed E-state index contributed by atoms with van der Waals surface area (Å²) in [5.74, 6) is 0.173. The molecule has 0 N–H and O–H groups in total. The summed E-state index contributed by atoms with van der Waals surface area (Å²) >= 11 is 5.86. The minimum Gasteiger partial charge on any atom is -0.443 e. The Labute approximate surface area is 111 Å². The number of hydrogen-bond acceptors (Lipinski definition) is 4. The quantitative estimate of drug-likeness (QED) is 0.775. The molecule has 0 aromatic carbocycles. The van der Waals surface area contributed by atoms with Gasteiger partial charge >= 0.3 is 6.09 Å². The number of nitrogens with zero attached hydrogens (tertiary/aromatic N) is 2. The van der Waals surface area contributed by atoms with Crippen LogP contribution in [-0.4, -0.2) is 30.0 Å². The zero-order valence-corrected chi connectivity index (χ0v) is 11.5. The van der Waals surface area contributed by atoms with Crippen molar-refractivity contribution in [2.75, 3.05) is 11.9 Å². The Balaban J connectivity index is 3.04. The molecule has 0 saturated heterocycles. The third kappa shape index (κ3) is 3.43. The smallest absolute Gasteiger partial charge is 0.415 e. The molecule has 98 valence electrons. The summed E-state index contributed by atoms with van der Waals surface area (Å²) in [6, 6.07) is 1.48. The molecule has 0 bridgehead atoms. The molecular formula is C12H15ClN2O3. The highest BCUT2D eigenvalue weighted by Crippen LogP contribution is 2.23. The predicted octanol–water partition coefficient (Wildman–Crippen LogP) is 2.92. The van der Waals surface area contributed by atoms with E-state index >= 15 is 0 Å². The maximum atomic E-state index is 11.8. The average Bonchev–Trinajstić information content (AvgIpc) is 2.25. The van der Waals surface area contributed by atoms with Gasteiger partial charge < -0.3 is 4.74 Å². The van der Waals surface area contributed by atoms with Crippen molar-refractivity contribution in [2.24, 2.45) is 0 Å². The monoisotopic (exact) mass is 270 g/mol. The van der Waals surface area contributed by atoms with Crippen LogP contribution in [0.25, 0.3) is 0 Å². The predicted molar refractivity (Wildman–Crippen MR) is 69.3 cm³/mol. The molecule has 0 aliphatic rings. The number of rotatable bonds is 2. The first kappa shape index (κ1) is 14.4. The van der Waals surface area contributed by atoms with Crippen LogP contribution in [0.1, 0.15) is 31.1 Å². The van der Waals surface area contributed by atoms with E-state index < -0.39 is 11.7 Å². The van der Waals surface area contributed by atoms with Gasteiger partial charge in [-0.1, -0.05) is 11.6 Å². The number of halogens is 1. The van der Waals surface area contributed by atoms with Gasteiger partial charge in [-0.05, 0) is 26.8 Å². The normalized spacial score (nSPS) is 10.9. The summed E-state index contributed by atoms with van der Waals surface area (Å²) in [7, 11) is 1.47. The maximum absolute atomic E-state index is 11.8. The lowest BCUT2D eigenvalue weighted by molar-refractivity contribution is 0.0588. The van der Waals surface area contributed by atoms with Crippen molar-refractivity contribution in [3.05, 3.63) is 22.8 Å². The summed E-state index contributed by atoms with van der Waals surface area (Å²) < 4.78 is 5.18. The van der Waals surface area contributed by atoms with Gasteiger partial charge in [0.25, 0.3) is 0 Å². The van der Waals surface area contributed by atoms with Gasteiger partial charge in [0.2, 0.25) is 0 Å². The Bertz CT molecular complexity index is 469. The molecule has 0 aliphatic carbocycles. The second-order valence-electron chi connectivity index (χ2n) is 4.69. The fourth-order valence-corrected chi connectivity index (χ4v) is 1.42. The van der Waals surface area contributed by atoms with Crippen molar-refractivity contribution in [1.29, 1.82) is 0 Å². The minimum absolute atomic E-state index is 0.160. The molecule has 0 unspecified atom stereocenters. The molecule has 0 saturated carbocycles. The van der Waals surface area contributed by atoms with Crippen LogP contribution in [-0.2, 0) is 4.74 Å². The molecule has 0 aliphatic heterocycles. The number of carbonyl (C=O) groups excluding carboxylic acids is 2. The van der Waals surface area contributed by atoms with Crippen molar-refractivity contribution >= 4 is 29.8 Å². The topological polar surface area (TPSA) is 59.5 Å². The molecule has 1 amide bonds. The van der Waals surface area contributed by atoms with E-state index in [1.165, 1.54) is 19.3 Å². The molecule has 1 heterocycles. The fourth-order valence-electron chi connectivity index (χ4n) is 1.23. The lowest BCUT2D eigenvalue weighted by atomic mass is 10.2. The van der Waals surface area contributed by atoms with Gasteiger partial charge in [0.15, 0.2) is 6.29 Å². The average molecular weight is 271 g/mol. The number of aldehydes is 1. The second-order valence-corrected chi connectivity index (χ2v) is 5.09. The van der Waals surface area contributed by atoms with Crippen LogP contribution in [0, 0.1) is 0 Å². The van der Waals surface area contributed by atoms with Crippen molar-refractivity contribution in [3.63, 3.8) is 0 Å². The zero-order chi connectivity index (χ0) is 13.9.